The van der Waals surface area contributed by atoms with E-state index in [0.29, 0.717) is 49.4 Å². The normalized spacial score (nSPS) is 14.2. The van der Waals surface area contributed by atoms with E-state index in [-0.39, 0.29) is 36.5 Å². The highest BCUT2D eigenvalue weighted by Gasteiger charge is 2.23. The summed E-state index contributed by atoms with van der Waals surface area (Å²) in [6.45, 7) is 4.02. The summed E-state index contributed by atoms with van der Waals surface area (Å²) < 4.78 is 13.3. The molecule has 1 heterocycles. The number of carbonyl (C=O) groups is 2. The summed E-state index contributed by atoms with van der Waals surface area (Å²) in [5, 5.41) is 0. The molecule has 2 amide bonds. The number of aryl methyl sites for hydroxylation is 1. The zero-order valence-electron chi connectivity index (χ0n) is 15.9. The van der Waals surface area contributed by atoms with Crippen molar-refractivity contribution in [2.45, 2.75) is 19.8 Å². The smallest absolute Gasteiger partial charge is 0.254 e. The molecular formula is C21H25ClFN3O2. The molecular weight excluding hydrogens is 381 g/mol. The van der Waals surface area contributed by atoms with Gasteiger partial charge in [0.15, 0.2) is 0 Å². The number of benzene rings is 2. The molecule has 2 aromatic rings. The van der Waals surface area contributed by atoms with Gasteiger partial charge in [-0.15, -0.1) is 12.4 Å². The van der Waals surface area contributed by atoms with Crippen LogP contribution in [0.25, 0.3) is 0 Å². The number of nitrogen functional groups attached to an aromatic ring is 1. The summed E-state index contributed by atoms with van der Waals surface area (Å²) in [4.78, 5) is 28.9. The summed E-state index contributed by atoms with van der Waals surface area (Å²) in [6.07, 6.45) is 0.877. The van der Waals surface area contributed by atoms with Crippen LogP contribution in [-0.2, 0) is 11.2 Å². The molecule has 1 aliphatic heterocycles. The lowest BCUT2D eigenvalue weighted by Crippen LogP contribution is -2.38. The summed E-state index contributed by atoms with van der Waals surface area (Å²) in [5.74, 6) is -0.445. The number of hydrogen-bond donors (Lipinski definition) is 1. The van der Waals surface area contributed by atoms with Crippen LogP contribution in [0.5, 0.6) is 0 Å². The quantitative estimate of drug-likeness (QED) is 0.798. The molecule has 2 aromatic carbocycles. The zero-order chi connectivity index (χ0) is 19.4. The summed E-state index contributed by atoms with van der Waals surface area (Å²) in [6, 6.07) is 11.4. The molecule has 3 rings (SSSR count). The van der Waals surface area contributed by atoms with Gasteiger partial charge < -0.3 is 15.5 Å². The Morgan fingerprint density at radius 2 is 1.75 bits per heavy atom. The van der Waals surface area contributed by atoms with Gasteiger partial charge in [0.1, 0.15) is 5.82 Å². The Labute approximate surface area is 170 Å². The average Bonchev–Trinajstić information content (AvgIpc) is 2.89. The Hall–Kier alpha value is -2.60. The number of nitrogens with two attached hydrogens (primary N) is 1. The first-order chi connectivity index (χ1) is 12.9. The van der Waals surface area contributed by atoms with Crippen LogP contribution >= 0.6 is 12.4 Å². The average molecular weight is 406 g/mol. The molecule has 0 radical (unpaired) electrons. The largest absolute Gasteiger partial charge is 0.399 e. The Balaban J connectivity index is 0.00000280. The van der Waals surface area contributed by atoms with Crippen LogP contribution in [0.1, 0.15) is 27.9 Å². The van der Waals surface area contributed by atoms with Crippen molar-refractivity contribution in [2.24, 2.45) is 0 Å². The molecule has 0 atom stereocenters. The van der Waals surface area contributed by atoms with Gasteiger partial charge in [-0.2, -0.15) is 0 Å². The first-order valence-electron chi connectivity index (χ1n) is 9.11. The van der Waals surface area contributed by atoms with Gasteiger partial charge in [-0.1, -0.05) is 18.2 Å². The second-order valence-electron chi connectivity index (χ2n) is 6.91. The Morgan fingerprint density at radius 1 is 1.04 bits per heavy atom. The molecule has 0 saturated carbocycles. The van der Waals surface area contributed by atoms with E-state index < -0.39 is 0 Å². The molecule has 28 heavy (non-hydrogen) atoms. The third kappa shape index (κ3) is 5.23. The molecule has 0 aliphatic carbocycles. The molecule has 0 aromatic heterocycles. The van der Waals surface area contributed by atoms with E-state index in [4.69, 9.17) is 5.73 Å². The van der Waals surface area contributed by atoms with Crippen molar-refractivity contribution >= 4 is 29.9 Å². The van der Waals surface area contributed by atoms with E-state index in [2.05, 4.69) is 0 Å². The van der Waals surface area contributed by atoms with E-state index in [0.717, 1.165) is 5.56 Å². The van der Waals surface area contributed by atoms with Crippen molar-refractivity contribution in [3.05, 3.63) is 65.0 Å². The number of hydrogen-bond acceptors (Lipinski definition) is 3. The minimum Gasteiger partial charge on any atom is -0.399 e. The van der Waals surface area contributed by atoms with Gasteiger partial charge in [0, 0.05) is 37.4 Å². The molecule has 150 valence electrons. The predicted molar refractivity (Wildman–Crippen MR) is 110 cm³/mol. The standard InChI is InChI=1S/C21H24FN3O2.ClH/c1-15-6-7-18(23)14-19(15)21(27)25-9-3-8-24(10-11-25)20(26)13-16-4-2-5-17(22)12-16;/h2,4-7,12,14H,3,8-11,13,23H2,1H3;1H. The number of nitrogens with zero attached hydrogens (tertiary/aromatic N) is 2. The summed E-state index contributed by atoms with van der Waals surface area (Å²) >= 11 is 0. The highest BCUT2D eigenvalue weighted by atomic mass is 35.5. The van der Waals surface area contributed by atoms with E-state index >= 15 is 0 Å². The molecule has 1 fully saturated rings. The van der Waals surface area contributed by atoms with Gasteiger partial charge in [-0.3, -0.25) is 9.59 Å². The second-order valence-corrected chi connectivity index (χ2v) is 6.91. The van der Waals surface area contributed by atoms with Crippen LogP contribution in [0.15, 0.2) is 42.5 Å². The van der Waals surface area contributed by atoms with Gasteiger partial charge >= 0.3 is 0 Å². The van der Waals surface area contributed by atoms with E-state index in [9.17, 15) is 14.0 Å². The molecule has 0 bridgehead atoms. The molecule has 1 saturated heterocycles. The molecule has 1 aliphatic rings. The van der Waals surface area contributed by atoms with E-state index in [1.807, 2.05) is 13.0 Å². The van der Waals surface area contributed by atoms with Gasteiger partial charge in [-0.25, -0.2) is 4.39 Å². The molecule has 2 N–H and O–H groups in total. The van der Waals surface area contributed by atoms with Crippen molar-refractivity contribution in [3.63, 3.8) is 0 Å². The van der Waals surface area contributed by atoms with Crippen LogP contribution in [0.2, 0.25) is 0 Å². The molecule has 0 spiro atoms. The Kier molecular flexibility index (Phi) is 7.40. The van der Waals surface area contributed by atoms with Crippen LogP contribution < -0.4 is 5.73 Å². The second kappa shape index (κ2) is 9.55. The maximum atomic E-state index is 13.3. The minimum absolute atomic E-state index is 0. The van der Waals surface area contributed by atoms with Gasteiger partial charge in [0.25, 0.3) is 5.91 Å². The fourth-order valence-corrected chi connectivity index (χ4v) is 3.34. The van der Waals surface area contributed by atoms with Gasteiger partial charge in [0.2, 0.25) is 5.91 Å². The van der Waals surface area contributed by atoms with Crippen LogP contribution in [0.3, 0.4) is 0 Å². The lowest BCUT2D eigenvalue weighted by atomic mass is 10.1. The molecule has 0 unspecified atom stereocenters. The van der Waals surface area contributed by atoms with Crippen molar-refractivity contribution in [1.29, 1.82) is 0 Å². The first kappa shape index (κ1) is 21.7. The van der Waals surface area contributed by atoms with Crippen LogP contribution in [-0.4, -0.2) is 47.8 Å². The summed E-state index contributed by atoms with van der Waals surface area (Å²) in [5.41, 5.74) is 8.53. The molecule has 5 nitrogen and oxygen atoms in total. The van der Waals surface area contributed by atoms with Crippen molar-refractivity contribution in [3.8, 4) is 0 Å². The highest BCUT2D eigenvalue weighted by molar-refractivity contribution is 5.96. The maximum Gasteiger partial charge on any atom is 0.254 e. The zero-order valence-corrected chi connectivity index (χ0v) is 16.7. The number of carbonyl (C=O) groups excluding carboxylic acids is 2. The number of rotatable bonds is 3. The van der Waals surface area contributed by atoms with Gasteiger partial charge in [-0.05, 0) is 48.7 Å². The minimum atomic E-state index is -0.342. The van der Waals surface area contributed by atoms with Crippen LogP contribution in [0, 0.1) is 12.7 Å². The Morgan fingerprint density at radius 3 is 2.50 bits per heavy atom. The SMILES string of the molecule is Cc1ccc(N)cc1C(=O)N1CCCN(C(=O)Cc2cccc(F)c2)CC1.Cl. The third-order valence-electron chi connectivity index (χ3n) is 4.87. The lowest BCUT2D eigenvalue weighted by molar-refractivity contribution is -0.130. The number of anilines is 1. The van der Waals surface area contributed by atoms with E-state index in [1.54, 1.807) is 34.1 Å². The fourth-order valence-electron chi connectivity index (χ4n) is 3.34. The van der Waals surface area contributed by atoms with Gasteiger partial charge in [0.05, 0.1) is 6.42 Å². The van der Waals surface area contributed by atoms with Crippen molar-refractivity contribution in [2.75, 3.05) is 31.9 Å². The number of amides is 2. The van der Waals surface area contributed by atoms with E-state index in [1.165, 1.54) is 12.1 Å². The summed E-state index contributed by atoms with van der Waals surface area (Å²) in [7, 11) is 0. The fraction of sp³-hybridized carbons (Fsp3) is 0.333. The number of halogens is 2. The van der Waals surface area contributed by atoms with Crippen molar-refractivity contribution in [1.82, 2.24) is 9.80 Å². The van der Waals surface area contributed by atoms with Crippen molar-refractivity contribution < 1.29 is 14.0 Å². The van der Waals surface area contributed by atoms with Crippen LogP contribution in [0.4, 0.5) is 10.1 Å². The topological polar surface area (TPSA) is 66.6 Å². The maximum absolute atomic E-state index is 13.3. The molecule has 7 heteroatoms. The monoisotopic (exact) mass is 405 g/mol. The predicted octanol–water partition coefficient (Wildman–Crippen LogP) is 3.06. The highest BCUT2D eigenvalue weighted by Crippen LogP contribution is 2.17. The first-order valence-corrected chi connectivity index (χ1v) is 9.11. The lowest BCUT2D eigenvalue weighted by Gasteiger charge is -2.23. The Bertz CT molecular complexity index is 859. The third-order valence-corrected chi connectivity index (χ3v) is 4.87.